The van der Waals surface area contributed by atoms with E-state index in [4.69, 9.17) is 5.73 Å². The largest absolute Gasteiger partial charge is 0.344 e. The van der Waals surface area contributed by atoms with Gasteiger partial charge in [0.1, 0.15) is 0 Å². The maximum absolute atomic E-state index is 11.6. The van der Waals surface area contributed by atoms with Crippen molar-refractivity contribution in [1.29, 1.82) is 0 Å². The third kappa shape index (κ3) is 3.51. The van der Waals surface area contributed by atoms with Gasteiger partial charge in [0, 0.05) is 26.6 Å². The highest BCUT2D eigenvalue weighted by atomic mass is 16.2. The molecule has 1 heterocycles. The van der Waals surface area contributed by atoms with Gasteiger partial charge in [-0.25, -0.2) is 0 Å². The summed E-state index contributed by atoms with van der Waals surface area (Å²) < 4.78 is 0. The van der Waals surface area contributed by atoms with Gasteiger partial charge in [0.2, 0.25) is 11.8 Å². The number of hydrogen-bond acceptors (Lipinski definition) is 3. The normalized spacial score (nSPS) is 15.9. The molecule has 0 bridgehead atoms. The van der Waals surface area contributed by atoms with Crippen LogP contribution < -0.4 is 5.73 Å². The molecular weight excluding hydrogens is 194 g/mol. The summed E-state index contributed by atoms with van der Waals surface area (Å²) in [6, 6.07) is 0. The van der Waals surface area contributed by atoms with E-state index in [1.165, 1.54) is 0 Å². The molecular formula is C10H19N3O2. The summed E-state index contributed by atoms with van der Waals surface area (Å²) in [7, 11) is 1.75. The summed E-state index contributed by atoms with van der Waals surface area (Å²) in [4.78, 5) is 26.2. The topological polar surface area (TPSA) is 66.6 Å². The van der Waals surface area contributed by atoms with Crippen LogP contribution >= 0.6 is 0 Å². The lowest BCUT2D eigenvalue weighted by Crippen LogP contribution is -2.39. The average Bonchev–Trinajstić information content (AvgIpc) is 2.61. The van der Waals surface area contributed by atoms with E-state index in [9.17, 15) is 9.59 Å². The maximum Gasteiger partial charge on any atom is 0.241 e. The minimum atomic E-state index is -0.00120. The van der Waals surface area contributed by atoms with E-state index < -0.39 is 0 Å². The molecule has 0 aromatic carbocycles. The van der Waals surface area contributed by atoms with Gasteiger partial charge in [-0.15, -0.1) is 0 Å². The Morgan fingerprint density at radius 1 is 1.60 bits per heavy atom. The number of rotatable bonds is 5. The van der Waals surface area contributed by atoms with Gasteiger partial charge in [0.25, 0.3) is 0 Å². The second kappa shape index (κ2) is 5.70. The van der Waals surface area contributed by atoms with Crippen molar-refractivity contribution in [2.24, 2.45) is 5.73 Å². The Kier molecular flexibility index (Phi) is 4.55. The molecule has 5 nitrogen and oxygen atoms in total. The number of nitrogens with two attached hydrogens (primary N) is 1. The fraction of sp³-hybridized carbons (Fsp3) is 0.800. The first-order valence-electron chi connectivity index (χ1n) is 5.37. The first-order valence-corrected chi connectivity index (χ1v) is 5.37. The van der Waals surface area contributed by atoms with Gasteiger partial charge in [-0.2, -0.15) is 0 Å². The molecule has 5 heteroatoms. The Morgan fingerprint density at radius 2 is 2.33 bits per heavy atom. The lowest BCUT2D eigenvalue weighted by molar-refractivity contribution is -0.137. The Bertz CT molecular complexity index is 243. The lowest BCUT2D eigenvalue weighted by atomic mass is 10.3. The van der Waals surface area contributed by atoms with Crippen LogP contribution in [0.4, 0.5) is 0 Å². The molecule has 2 amide bonds. The zero-order chi connectivity index (χ0) is 11.3. The summed E-state index contributed by atoms with van der Waals surface area (Å²) in [5, 5.41) is 0. The molecule has 0 spiro atoms. The van der Waals surface area contributed by atoms with Crippen LogP contribution in [0.25, 0.3) is 0 Å². The van der Waals surface area contributed by atoms with Gasteiger partial charge in [0.15, 0.2) is 0 Å². The highest BCUT2D eigenvalue weighted by molar-refractivity contribution is 5.85. The molecule has 86 valence electrons. The van der Waals surface area contributed by atoms with Gasteiger partial charge in [-0.3, -0.25) is 9.59 Å². The van der Waals surface area contributed by atoms with Gasteiger partial charge < -0.3 is 15.5 Å². The summed E-state index contributed by atoms with van der Waals surface area (Å²) in [6.45, 7) is 2.19. The lowest BCUT2D eigenvalue weighted by Gasteiger charge is -2.21. The van der Waals surface area contributed by atoms with Crippen LogP contribution in [0.15, 0.2) is 0 Å². The van der Waals surface area contributed by atoms with E-state index in [2.05, 4.69) is 0 Å². The van der Waals surface area contributed by atoms with E-state index in [1.807, 2.05) is 0 Å². The fourth-order valence-corrected chi connectivity index (χ4v) is 1.61. The Balaban J connectivity index is 2.31. The Morgan fingerprint density at radius 3 is 2.87 bits per heavy atom. The van der Waals surface area contributed by atoms with Crippen molar-refractivity contribution in [3.63, 3.8) is 0 Å². The van der Waals surface area contributed by atoms with E-state index >= 15 is 0 Å². The van der Waals surface area contributed by atoms with Crippen molar-refractivity contribution in [3.05, 3.63) is 0 Å². The van der Waals surface area contributed by atoms with Gasteiger partial charge in [-0.1, -0.05) is 0 Å². The first kappa shape index (κ1) is 12.0. The van der Waals surface area contributed by atoms with Crippen molar-refractivity contribution in [2.45, 2.75) is 19.3 Å². The maximum atomic E-state index is 11.6. The van der Waals surface area contributed by atoms with Gasteiger partial charge in [-0.05, 0) is 19.4 Å². The molecule has 1 aliphatic heterocycles. The number of carbonyl (C=O) groups excluding carboxylic acids is 2. The molecule has 0 saturated carbocycles. The van der Waals surface area contributed by atoms with E-state index in [1.54, 1.807) is 16.8 Å². The van der Waals surface area contributed by atoms with Crippen LogP contribution in [0.5, 0.6) is 0 Å². The predicted molar refractivity (Wildman–Crippen MR) is 57.1 cm³/mol. The SMILES string of the molecule is CN(CCCN)C(=O)CN1CCCC1=O. The minimum absolute atomic E-state index is 0.00120. The molecule has 2 N–H and O–H groups in total. The molecule has 1 saturated heterocycles. The Hall–Kier alpha value is -1.10. The molecule has 0 atom stereocenters. The zero-order valence-electron chi connectivity index (χ0n) is 9.24. The summed E-state index contributed by atoms with van der Waals surface area (Å²) in [6.07, 6.45) is 2.26. The monoisotopic (exact) mass is 213 g/mol. The van der Waals surface area contributed by atoms with Crippen LogP contribution in [0, 0.1) is 0 Å². The van der Waals surface area contributed by atoms with Crippen molar-refractivity contribution in [1.82, 2.24) is 9.80 Å². The second-order valence-electron chi connectivity index (χ2n) is 3.88. The van der Waals surface area contributed by atoms with E-state index in [0.717, 1.165) is 19.4 Å². The highest BCUT2D eigenvalue weighted by Crippen LogP contribution is 2.09. The molecule has 1 fully saturated rings. The van der Waals surface area contributed by atoms with E-state index in [0.29, 0.717) is 19.5 Å². The smallest absolute Gasteiger partial charge is 0.241 e. The van der Waals surface area contributed by atoms with Gasteiger partial charge in [0.05, 0.1) is 6.54 Å². The summed E-state index contributed by atoms with van der Waals surface area (Å²) in [5.74, 6) is 0.0919. The minimum Gasteiger partial charge on any atom is -0.344 e. The van der Waals surface area contributed by atoms with Crippen LogP contribution in [0.2, 0.25) is 0 Å². The van der Waals surface area contributed by atoms with Crippen LogP contribution in [-0.2, 0) is 9.59 Å². The summed E-state index contributed by atoms with van der Waals surface area (Å²) in [5.41, 5.74) is 5.36. The fourth-order valence-electron chi connectivity index (χ4n) is 1.61. The predicted octanol–water partition coefficient (Wildman–Crippen LogP) is -0.584. The quantitative estimate of drug-likeness (QED) is 0.664. The van der Waals surface area contributed by atoms with Crippen molar-refractivity contribution >= 4 is 11.8 Å². The molecule has 0 aromatic heterocycles. The third-order valence-electron chi connectivity index (χ3n) is 2.62. The van der Waals surface area contributed by atoms with Crippen molar-refractivity contribution in [3.8, 4) is 0 Å². The molecule has 15 heavy (non-hydrogen) atoms. The molecule has 0 aromatic rings. The number of nitrogens with zero attached hydrogens (tertiary/aromatic N) is 2. The molecule has 0 unspecified atom stereocenters. The number of amides is 2. The number of hydrogen-bond donors (Lipinski definition) is 1. The third-order valence-corrected chi connectivity index (χ3v) is 2.62. The van der Waals surface area contributed by atoms with Crippen molar-refractivity contribution < 1.29 is 9.59 Å². The van der Waals surface area contributed by atoms with Gasteiger partial charge >= 0.3 is 0 Å². The number of likely N-dealkylation sites (N-methyl/N-ethyl adjacent to an activating group) is 1. The molecule has 1 aliphatic rings. The second-order valence-corrected chi connectivity index (χ2v) is 3.88. The standard InChI is InChI=1S/C10H19N3O2/c1-12(6-3-5-11)10(15)8-13-7-2-4-9(13)14/h2-8,11H2,1H3. The van der Waals surface area contributed by atoms with Crippen molar-refractivity contribution in [2.75, 3.05) is 33.2 Å². The molecule has 0 radical (unpaired) electrons. The van der Waals surface area contributed by atoms with Crippen LogP contribution in [0.1, 0.15) is 19.3 Å². The average molecular weight is 213 g/mol. The number of carbonyl (C=O) groups is 2. The highest BCUT2D eigenvalue weighted by Gasteiger charge is 2.23. The molecule has 0 aliphatic carbocycles. The van der Waals surface area contributed by atoms with E-state index in [-0.39, 0.29) is 18.4 Å². The zero-order valence-corrected chi connectivity index (χ0v) is 9.24. The molecule has 1 rings (SSSR count). The Labute approximate surface area is 90.2 Å². The summed E-state index contributed by atoms with van der Waals surface area (Å²) >= 11 is 0. The first-order chi connectivity index (χ1) is 7.15. The number of likely N-dealkylation sites (tertiary alicyclic amines) is 1. The van der Waals surface area contributed by atoms with Crippen LogP contribution in [0.3, 0.4) is 0 Å². The van der Waals surface area contributed by atoms with Crippen LogP contribution in [-0.4, -0.2) is 54.8 Å².